The van der Waals surface area contributed by atoms with Crippen molar-refractivity contribution >= 4 is 6.29 Å². The summed E-state index contributed by atoms with van der Waals surface area (Å²) in [5.74, 6) is 0.644. The number of rotatable bonds is 2. The van der Waals surface area contributed by atoms with Gasteiger partial charge in [-0.2, -0.15) is 0 Å². The lowest BCUT2D eigenvalue weighted by molar-refractivity contribution is -0.115. The van der Waals surface area contributed by atoms with Crippen molar-refractivity contribution in [1.82, 2.24) is 0 Å². The van der Waals surface area contributed by atoms with Gasteiger partial charge in [-0.25, -0.2) is 0 Å². The molecule has 0 radical (unpaired) electrons. The molecule has 0 amide bonds. The summed E-state index contributed by atoms with van der Waals surface area (Å²) in [7, 11) is 0. The van der Waals surface area contributed by atoms with E-state index in [1.807, 2.05) is 0 Å². The van der Waals surface area contributed by atoms with Crippen LogP contribution in [0.5, 0.6) is 0 Å². The van der Waals surface area contributed by atoms with E-state index < -0.39 is 0 Å². The van der Waals surface area contributed by atoms with Crippen LogP contribution in [0.1, 0.15) is 34.6 Å². The van der Waals surface area contributed by atoms with E-state index in [4.69, 9.17) is 0 Å². The minimum atomic E-state index is 0.121. The second-order valence-electron chi connectivity index (χ2n) is 4.27. The molecule has 0 aromatic carbocycles. The Kier molecular flexibility index (Phi) is 3.07. The number of hydrogen-bond acceptors (Lipinski definition) is 1. The Morgan fingerprint density at radius 3 is 1.60 bits per heavy atom. The standard InChI is InChI=1S/C9H18O/c1-7(2)8(6-10)9(3,4)5/h6-8H,1-5H3. The van der Waals surface area contributed by atoms with Gasteiger partial charge in [0, 0.05) is 5.92 Å². The summed E-state index contributed by atoms with van der Waals surface area (Å²) in [6.07, 6.45) is 1.07. The highest BCUT2D eigenvalue weighted by Gasteiger charge is 2.26. The molecule has 10 heavy (non-hydrogen) atoms. The van der Waals surface area contributed by atoms with E-state index in [1.165, 1.54) is 0 Å². The topological polar surface area (TPSA) is 17.1 Å². The molecule has 0 aromatic rings. The van der Waals surface area contributed by atoms with Crippen LogP contribution < -0.4 is 0 Å². The van der Waals surface area contributed by atoms with Gasteiger partial charge in [0.2, 0.25) is 0 Å². The smallest absolute Gasteiger partial charge is 0.123 e. The lowest BCUT2D eigenvalue weighted by Crippen LogP contribution is -2.26. The van der Waals surface area contributed by atoms with Crippen molar-refractivity contribution in [3.8, 4) is 0 Å². The Morgan fingerprint density at radius 1 is 1.20 bits per heavy atom. The average Bonchev–Trinajstić information content (AvgIpc) is 1.60. The first kappa shape index (κ1) is 9.67. The zero-order valence-corrected chi connectivity index (χ0v) is 7.64. The molecule has 0 aromatic heterocycles. The molecule has 0 saturated heterocycles. The largest absolute Gasteiger partial charge is 0.303 e. The Bertz CT molecular complexity index is 108. The molecule has 0 rings (SSSR count). The number of aldehydes is 1. The zero-order valence-electron chi connectivity index (χ0n) is 7.64. The van der Waals surface area contributed by atoms with Crippen molar-refractivity contribution in [3.05, 3.63) is 0 Å². The molecule has 1 atom stereocenters. The molecule has 1 heteroatoms. The van der Waals surface area contributed by atoms with Crippen LogP contribution in [-0.4, -0.2) is 6.29 Å². The number of hydrogen-bond donors (Lipinski definition) is 0. The van der Waals surface area contributed by atoms with Crippen LogP contribution in [-0.2, 0) is 4.79 Å². The van der Waals surface area contributed by atoms with E-state index >= 15 is 0 Å². The monoisotopic (exact) mass is 142 g/mol. The van der Waals surface area contributed by atoms with Gasteiger partial charge in [-0.15, -0.1) is 0 Å². The van der Waals surface area contributed by atoms with E-state index in [0.29, 0.717) is 5.92 Å². The van der Waals surface area contributed by atoms with Crippen molar-refractivity contribution < 1.29 is 4.79 Å². The molecule has 0 aliphatic rings. The molecule has 0 aliphatic heterocycles. The third-order valence-corrected chi connectivity index (χ3v) is 1.86. The molecule has 0 N–H and O–H groups in total. The molecule has 0 saturated carbocycles. The maximum atomic E-state index is 10.6. The minimum Gasteiger partial charge on any atom is -0.303 e. The van der Waals surface area contributed by atoms with E-state index in [1.54, 1.807) is 0 Å². The van der Waals surface area contributed by atoms with E-state index in [0.717, 1.165) is 6.29 Å². The highest BCUT2D eigenvalue weighted by atomic mass is 16.1. The summed E-state index contributed by atoms with van der Waals surface area (Å²) in [6, 6.07) is 0. The zero-order chi connectivity index (χ0) is 8.36. The molecule has 0 fully saturated rings. The molecular formula is C9H18O. The summed E-state index contributed by atoms with van der Waals surface area (Å²) < 4.78 is 0. The SMILES string of the molecule is CC(C)C(C=O)C(C)(C)C. The highest BCUT2D eigenvalue weighted by Crippen LogP contribution is 2.29. The van der Waals surface area contributed by atoms with Crippen molar-refractivity contribution in [2.24, 2.45) is 17.3 Å². The Labute approximate surface area is 63.8 Å². The van der Waals surface area contributed by atoms with Crippen LogP contribution in [0.25, 0.3) is 0 Å². The van der Waals surface area contributed by atoms with E-state index in [9.17, 15) is 4.79 Å². The fourth-order valence-corrected chi connectivity index (χ4v) is 1.36. The minimum absolute atomic E-state index is 0.121. The summed E-state index contributed by atoms with van der Waals surface area (Å²) >= 11 is 0. The normalized spacial score (nSPS) is 15.4. The van der Waals surface area contributed by atoms with E-state index in [2.05, 4.69) is 34.6 Å². The maximum Gasteiger partial charge on any atom is 0.123 e. The van der Waals surface area contributed by atoms with Gasteiger partial charge >= 0.3 is 0 Å². The van der Waals surface area contributed by atoms with Gasteiger partial charge in [0.15, 0.2) is 0 Å². The predicted octanol–water partition coefficient (Wildman–Crippen LogP) is 2.50. The lowest BCUT2D eigenvalue weighted by atomic mass is 9.75. The predicted molar refractivity (Wildman–Crippen MR) is 43.8 cm³/mol. The van der Waals surface area contributed by atoms with Gasteiger partial charge in [-0.3, -0.25) is 0 Å². The first-order valence-corrected chi connectivity index (χ1v) is 3.85. The van der Waals surface area contributed by atoms with Crippen LogP contribution >= 0.6 is 0 Å². The van der Waals surface area contributed by atoms with Gasteiger partial charge in [-0.05, 0) is 11.3 Å². The van der Waals surface area contributed by atoms with Gasteiger partial charge in [0.25, 0.3) is 0 Å². The fourth-order valence-electron chi connectivity index (χ4n) is 1.36. The Morgan fingerprint density at radius 2 is 1.60 bits per heavy atom. The average molecular weight is 142 g/mol. The summed E-state index contributed by atoms with van der Waals surface area (Å²) in [6.45, 7) is 10.5. The molecule has 1 unspecified atom stereocenters. The Hall–Kier alpha value is -0.330. The van der Waals surface area contributed by atoms with E-state index in [-0.39, 0.29) is 11.3 Å². The molecule has 0 aliphatic carbocycles. The molecular weight excluding hydrogens is 124 g/mol. The molecule has 0 bridgehead atoms. The number of carbonyl (C=O) groups is 1. The summed E-state index contributed by atoms with van der Waals surface area (Å²) in [4.78, 5) is 10.6. The van der Waals surface area contributed by atoms with Gasteiger partial charge in [0.05, 0.1) is 0 Å². The summed E-state index contributed by atoms with van der Waals surface area (Å²) in [5.41, 5.74) is 0.121. The van der Waals surface area contributed by atoms with Gasteiger partial charge in [-0.1, -0.05) is 34.6 Å². The fraction of sp³-hybridized carbons (Fsp3) is 0.889. The lowest BCUT2D eigenvalue weighted by Gasteiger charge is -2.28. The highest BCUT2D eigenvalue weighted by molar-refractivity contribution is 5.55. The first-order chi connectivity index (χ1) is 4.39. The second kappa shape index (κ2) is 3.18. The third kappa shape index (κ3) is 2.51. The van der Waals surface area contributed by atoms with Crippen molar-refractivity contribution in [3.63, 3.8) is 0 Å². The third-order valence-electron chi connectivity index (χ3n) is 1.86. The first-order valence-electron chi connectivity index (χ1n) is 3.85. The van der Waals surface area contributed by atoms with Crippen LogP contribution in [0.4, 0.5) is 0 Å². The van der Waals surface area contributed by atoms with Crippen LogP contribution in [0.2, 0.25) is 0 Å². The van der Waals surface area contributed by atoms with Crippen molar-refractivity contribution in [2.75, 3.05) is 0 Å². The van der Waals surface area contributed by atoms with Gasteiger partial charge in [0.1, 0.15) is 6.29 Å². The molecule has 60 valence electrons. The second-order valence-corrected chi connectivity index (χ2v) is 4.27. The molecule has 1 nitrogen and oxygen atoms in total. The Balaban J connectivity index is 4.21. The van der Waals surface area contributed by atoms with Crippen LogP contribution in [0.15, 0.2) is 0 Å². The van der Waals surface area contributed by atoms with Crippen molar-refractivity contribution in [1.29, 1.82) is 0 Å². The quantitative estimate of drug-likeness (QED) is 0.541. The number of carbonyl (C=O) groups excluding carboxylic acids is 1. The van der Waals surface area contributed by atoms with Crippen LogP contribution in [0.3, 0.4) is 0 Å². The molecule has 0 spiro atoms. The van der Waals surface area contributed by atoms with Crippen molar-refractivity contribution in [2.45, 2.75) is 34.6 Å². The summed E-state index contributed by atoms with van der Waals surface area (Å²) in [5, 5.41) is 0. The maximum absolute atomic E-state index is 10.6. The molecule has 0 heterocycles. The van der Waals surface area contributed by atoms with Gasteiger partial charge < -0.3 is 4.79 Å². The van der Waals surface area contributed by atoms with Crippen LogP contribution in [0, 0.1) is 17.3 Å².